The highest BCUT2D eigenvalue weighted by Crippen LogP contribution is 2.27. The van der Waals surface area contributed by atoms with Gasteiger partial charge in [0, 0.05) is 0 Å². The zero-order valence-corrected chi connectivity index (χ0v) is 10.9. The van der Waals surface area contributed by atoms with Crippen LogP contribution in [0.5, 0.6) is 11.5 Å². The van der Waals surface area contributed by atoms with E-state index < -0.39 is 12.3 Å². The van der Waals surface area contributed by atoms with Crippen molar-refractivity contribution in [3.05, 3.63) is 24.3 Å². The minimum atomic E-state index is -0.861. The molecule has 0 aliphatic rings. The van der Waals surface area contributed by atoms with Crippen LogP contribution in [0.4, 0.5) is 9.59 Å². The van der Waals surface area contributed by atoms with Gasteiger partial charge in [-0.2, -0.15) is 0 Å². The molecule has 0 N–H and O–H groups in total. The van der Waals surface area contributed by atoms with Gasteiger partial charge in [0.15, 0.2) is 11.5 Å². The number of hydrogen-bond donors (Lipinski definition) is 0. The topological polar surface area (TPSA) is 71.1 Å². The minimum Gasteiger partial charge on any atom is -0.434 e. The molecule has 0 unspecified atom stereocenters. The maximum Gasteiger partial charge on any atom is 0.513 e. The van der Waals surface area contributed by atoms with E-state index in [1.807, 2.05) is 6.92 Å². The van der Waals surface area contributed by atoms with Gasteiger partial charge in [-0.25, -0.2) is 9.59 Å². The lowest BCUT2D eigenvalue weighted by Gasteiger charge is -2.09. The van der Waals surface area contributed by atoms with Crippen molar-refractivity contribution in [3.63, 3.8) is 0 Å². The van der Waals surface area contributed by atoms with Gasteiger partial charge < -0.3 is 18.9 Å². The van der Waals surface area contributed by atoms with E-state index in [-0.39, 0.29) is 24.7 Å². The molecule has 0 aliphatic carbocycles. The molecule has 0 bridgehead atoms. The molecular formula is C13H16O6. The summed E-state index contributed by atoms with van der Waals surface area (Å²) in [4.78, 5) is 22.5. The molecule has 0 spiro atoms. The Kier molecular flexibility index (Phi) is 6.21. The van der Waals surface area contributed by atoms with Crippen molar-refractivity contribution in [1.29, 1.82) is 0 Å². The molecule has 0 radical (unpaired) electrons. The Morgan fingerprint density at radius 2 is 1.47 bits per heavy atom. The second-order valence-electron chi connectivity index (χ2n) is 3.43. The summed E-state index contributed by atoms with van der Waals surface area (Å²) in [5, 5.41) is 0. The third-order valence-corrected chi connectivity index (χ3v) is 1.92. The first-order valence-electron chi connectivity index (χ1n) is 5.95. The molecule has 104 valence electrons. The fourth-order valence-electron chi connectivity index (χ4n) is 1.16. The molecule has 1 rings (SSSR count). The zero-order valence-electron chi connectivity index (χ0n) is 10.9. The molecule has 1 aromatic carbocycles. The average molecular weight is 268 g/mol. The number of hydrogen-bond acceptors (Lipinski definition) is 6. The first-order valence-corrected chi connectivity index (χ1v) is 5.95. The molecule has 0 heterocycles. The van der Waals surface area contributed by atoms with Crippen molar-refractivity contribution >= 4 is 12.3 Å². The normalized spacial score (nSPS) is 9.58. The Morgan fingerprint density at radius 1 is 0.947 bits per heavy atom. The molecule has 0 saturated carbocycles. The maximum absolute atomic E-state index is 11.3. The SMILES string of the molecule is CCCOC(=O)Oc1ccccc1OC(=O)OCC. The molecule has 0 amide bonds. The van der Waals surface area contributed by atoms with Crippen LogP contribution in [-0.4, -0.2) is 25.5 Å². The Balaban J connectivity index is 2.67. The predicted molar refractivity (Wildman–Crippen MR) is 66.4 cm³/mol. The zero-order chi connectivity index (χ0) is 14.1. The molecule has 6 nitrogen and oxygen atoms in total. The van der Waals surface area contributed by atoms with Crippen molar-refractivity contribution in [3.8, 4) is 11.5 Å². The Labute approximate surface area is 111 Å². The lowest BCUT2D eigenvalue weighted by atomic mass is 10.3. The number of carbonyl (C=O) groups is 2. The Morgan fingerprint density at radius 3 is 1.95 bits per heavy atom. The maximum atomic E-state index is 11.3. The summed E-state index contributed by atoms with van der Waals surface area (Å²) in [5.41, 5.74) is 0. The minimum absolute atomic E-state index is 0.0920. The molecule has 0 fully saturated rings. The van der Waals surface area contributed by atoms with Crippen LogP contribution in [0.3, 0.4) is 0 Å². The van der Waals surface area contributed by atoms with Gasteiger partial charge in [-0.1, -0.05) is 19.1 Å². The van der Waals surface area contributed by atoms with Gasteiger partial charge in [-0.15, -0.1) is 0 Å². The molecule has 19 heavy (non-hydrogen) atoms. The van der Waals surface area contributed by atoms with Crippen LogP contribution in [0.15, 0.2) is 24.3 Å². The van der Waals surface area contributed by atoms with Gasteiger partial charge in [-0.3, -0.25) is 0 Å². The first kappa shape index (κ1) is 14.8. The average Bonchev–Trinajstić information content (AvgIpc) is 2.39. The van der Waals surface area contributed by atoms with Gasteiger partial charge in [0.25, 0.3) is 0 Å². The number of para-hydroxylation sites is 2. The number of rotatable bonds is 5. The third kappa shape index (κ3) is 5.29. The van der Waals surface area contributed by atoms with Crippen LogP contribution in [0, 0.1) is 0 Å². The molecular weight excluding hydrogens is 252 g/mol. The van der Waals surface area contributed by atoms with E-state index in [0.717, 1.165) is 0 Å². The lowest BCUT2D eigenvalue weighted by Crippen LogP contribution is -2.14. The molecule has 6 heteroatoms. The van der Waals surface area contributed by atoms with Crippen molar-refractivity contribution in [2.24, 2.45) is 0 Å². The summed E-state index contributed by atoms with van der Waals surface area (Å²) in [7, 11) is 0. The van der Waals surface area contributed by atoms with Crippen LogP contribution in [0.1, 0.15) is 20.3 Å². The van der Waals surface area contributed by atoms with E-state index in [1.165, 1.54) is 12.1 Å². The molecule has 0 aliphatic heterocycles. The van der Waals surface area contributed by atoms with Crippen molar-refractivity contribution < 1.29 is 28.5 Å². The second-order valence-corrected chi connectivity index (χ2v) is 3.43. The van der Waals surface area contributed by atoms with E-state index in [1.54, 1.807) is 19.1 Å². The molecule has 0 atom stereocenters. The third-order valence-electron chi connectivity index (χ3n) is 1.92. The molecule has 1 aromatic rings. The van der Waals surface area contributed by atoms with Crippen molar-refractivity contribution in [2.45, 2.75) is 20.3 Å². The van der Waals surface area contributed by atoms with E-state index in [4.69, 9.17) is 14.2 Å². The van der Waals surface area contributed by atoms with Gasteiger partial charge in [0.2, 0.25) is 0 Å². The fourth-order valence-corrected chi connectivity index (χ4v) is 1.16. The standard InChI is InChI=1S/C13H16O6/c1-3-9-17-13(15)19-11-8-6-5-7-10(11)18-12(14)16-4-2/h5-8H,3-4,9H2,1-2H3. The lowest BCUT2D eigenvalue weighted by molar-refractivity contribution is 0.0913. The van der Waals surface area contributed by atoms with Crippen LogP contribution in [-0.2, 0) is 9.47 Å². The second kappa shape index (κ2) is 7.97. The van der Waals surface area contributed by atoms with E-state index >= 15 is 0 Å². The van der Waals surface area contributed by atoms with Crippen LogP contribution in [0.25, 0.3) is 0 Å². The van der Waals surface area contributed by atoms with Gasteiger partial charge in [-0.05, 0) is 25.5 Å². The van der Waals surface area contributed by atoms with Crippen LogP contribution < -0.4 is 9.47 Å². The first-order chi connectivity index (χ1) is 9.17. The Bertz CT molecular complexity index is 429. The highest BCUT2D eigenvalue weighted by atomic mass is 16.7. The largest absolute Gasteiger partial charge is 0.513 e. The smallest absolute Gasteiger partial charge is 0.434 e. The van der Waals surface area contributed by atoms with Crippen molar-refractivity contribution in [2.75, 3.05) is 13.2 Å². The summed E-state index contributed by atoms with van der Waals surface area (Å²) < 4.78 is 19.2. The number of benzene rings is 1. The summed E-state index contributed by atoms with van der Waals surface area (Å²) in [6, 6.07) is 6.25. The summed E-state index contributed by atoms with van der Waals surface area (Å²) >= 11 is 0. The van der Waals surface area contributed by atoms with E-state index in [0.29, 0.717) is 6.42 Å². The highest BCUT2D eigenvalue weighted by Gasteiger charge is 2.14. The number of ether oxygens (including phenoxy) is 4. The highest BCUT2D eigenvalue weighted by molar-refractivity contribution is 5.68. The molecule has 0 saturated heterocycles. The van der Waals surface area contributed by atoms with Gasteiger partial charge in [0.1, 0.15) is 0 Å². The van der Waals surface area contributed by atoms with Crippen LogP contribution >= 0.6 is 0 Å². The predicted octanol–water partition coefficient (Wildman–Crippen LogP) is 3.15. The molecule has 0 aromatic heterocycles. The Hall–Kier alpha value is -2.24. The van der Waals surface area contributed by atoms with Crippen molar-refractivity contribution in [1.82, 2.24) is 0 Å². The van der Waals surface area contributed by atoms with E-state index in [2.05, 4.69) is 4.74 Å². The summed E-state index contributed by atoms with van der Waals surface area (Å²) in [5.74, 6) is 0.186. The quantitative estimate of drug-likeness (QED) is 0.603. The van der Waals surface area contributed by atoms with Crippen LogP contribution in [0.2, 0.25) is 0 Å². The van der Waals surface area contributed by atoms with Gasteiger partial charge >= 0.3 is 12.3 Å². The summed E-state index contributed by atoms with van der Waals surface area (Å²) in [6.45, 7) is 3.98. The van der Waals surface area contributed by atoms with E-state index in [9.17, 15) is 9.59 Å². The number of carbonyl (C=O) groups excluding carboxylic acids is 2. The van der Waals surface area contributed by atoms with Gasteiger partial charge in [0.05, 0.1) is 13.2 Å². The summed E-state index contributed by atoms with van der Waals surface area (Å²) in [6.07, 6.45) is -1.02. The fraction of sp³-hybridized carbons (Fsp3) is 0.385. The monoisotopic (exact) mass is 268 g/mol.